The highest BCUT2D eigenvalue weighted by Gasteiger charge is 2.27. The standard InChI is InChI=1S/C27H29FN10O/c1-27(29,20-2-4-22(28)5-3-20)21-15-30-25(31-16-21)35-8-10-36(11-9-35)26-33-18-32-24-7-6-23(38(24)26)19-14-34-37(17-19)12-13-39/h2-7,14-18,39H,8-13,29H2,1H3/t27-/m0/s1. The van der Waals surface area contributed by atoms with Crippen LogP contribution in [-0.2, 0) is 12.1 Å². The number of hydrogen-bond donors (Lipinski definition) is 2. The number of aliphatic hydroxyl groups is 1. The van der Waals surface area contributed by atoms with E-state index in [1.165, 1.54) is 12.1 Å². The van der Waals surface area contributed by atoms with E-state index in [9.17, 15) is 9.50 Å². The molecular weight excluding hydrogens is 499 g/mol. The lowest BCUT2D eigenvalue weighted by Crippen LogP contribution is -2.48. The maximum atomic E-state index is 13.4. The van der Waals surface area contributed by atoms with Crippen molar-refractivity contribution in [2.45, 2.75) is 19.0 Å². The second kappa shape index (κ2) is 10.0. The summed E-state index contributed by atoms with van der Waals surface area (Å²) in [5, 5.41) is 13.6. The molecule has 0 saturated carbocycles. The number of fused-ring (bicyclic) bond motifs is 1. The molecule has 39 heavy (non-hydrogen) atoms. The number of halogens is 1. The predicted molar refractivity (Wildman–Crippen MR) is 145 cm³/mol. The van der Waals surface area contributed by atoms with Crippen molar-refractivity contribution in [1.82, 2.24) is 34.1 Å². The van der Waals surface area contributed by atoms with Crippen molar-refractivity contribution in [3.8, 4) is 11.3 Å². The van der Waals surface area contributed by atoms with Crippen molar-refractivity contribution in [2.24, 2.45) is 5.73 Å². The van der Waals surface area contributed by atoms with Gasteiger partial charge >= 0.3 is 0 Å². The number of rotatable bonds is 7. The number of piperazine rings is 1. The zero-order valence-corrected chi connectivity index (χ0v) is 21.5. The van der Waals surface area contributed by atoms with Crippen LogP contribution in [0.2, 0.25) is 0 Å². The Bertz CT molecular complexity index is 1570. The van der Waals surface area contributed by atoms with E-state index in [2.05, 4.69) is 34.8 Å². The van der Waals surface area contributed by atoms with Crippen molar-refractivity contribution in [1.29, 1.82) is 0 Å². The summed E-state index contributed by atoms with van der Waals surface area (Å²) in [6, 6.07) is 10.2. The third-order valence-electron chi connectivity index (χ3n) is 7.21. The Morgan fingerprint density at radius 3 is 2.33 bits per heavy atom. The van der Waals surface area contributed by atoms with Gasteiger partial charge in [0.2, 0.25) is 11.9 Å². The summed E-state index contributed by atoms with van der Waals surface area (Å²) in [4.78, 5) is 22.6. The van der Waals surface area contributed by atoms with Crippen LogP contribution >= 0.6 is 0 Å². The number of benzene rings is 1. The Balaban J connectivity index is 1.18. The smallest absolute Gasteiger partial charge is 0.225 e. The molecule has 1 saturated heterocycles. The molecule has 4 aromatic heterocycles. The minimum atomic E-state index is -0.841. The van der Waals surface area contributed by atoms with Crippen LogP contribution < -0.4 is 15.5 Å². The van der Waals surface area contributed by atoms with Crippen LogP contribution in [0.3, 0.4) is 0 Å². The van der Waals surface area contributed by atoms with E-state index >= 15 is 0 Å². The highest BCUT2D eigenvalue weighted by Crippen LogP contribution is 2.28. The second-order valence-corrected chi connectivity index (χ2v) is 9.76. The number of hydrogen-bond acceptors (Lipinski definition) is 9. The fourth-order valence-corrected chi connectivity index (χ4v) is 4.93. The summed E-state index contributed by atoms with van der Waals surface area (Å²) in [7, 11) is 0. The molecule has 0 amide bonds. The van der Waals surface area contributed by atoms with Gasteiger partial charge in [0.05, 0.1) is 30.6 Å². The van der Waals surface area contributed by atoms with Crippen LogP contribution in [0.1, 0.15) is 18.1 Å². The van der Waals surface area contributed by atoms with Gasteiger partial charge in [-0.3, -0.25) is 9.08 Å². The number of nitrogens with zero attached hydrogens (tertiary/aromatic N) is 9. The van der Waals surface area contributed by atoms with Gasteiger partial charge in [-0.15, -0.1) is 0 Å². The topological polar surface area (TPSA) is 127 Å². The van der Waals surface area contributed by atoms with Crippen LogP contribution in [0.25, 0.3) is 16.9 Å². The Kier molecular flexibility index (Phi) is 6.41. The summed E-state index contributed by atoms with van der Waals surface area (Å²) in [6.45, 7) is 5.22. The van der Waals surface area contributed by atoms with E-state index in [1.807, 2.05) is 29.7 Å². The largest absolute Gasteiger partial charge is 0.394 e. The molecule has 1 aliphatic heterocycles. The molecule has 11 nitrogen and oxygen atoms in total. The zero-order chi connectivity index (χ0) is 27.0. The minimum absolute atomic E-state index is 0.0287. The molecule has 1 aromatic carbocycles. The van der Waals surface area contributed by atoms with Gasteiger partial charge < -0.3 is 20.6 Å². The molecule has 0 radical (unpaired) electrons. The van der Waals surface area contributed by atoms with Gasteiger partial charge in [0, 0.05) is 55.9 Å². The molecule has 6 rings (SSSR count). The van der Waals surface area contributed by atoms with Gasteiger partial charge in [-0.25, -0.2) is 24.3 Å². The summed E-state index contributed by atoms with van der Waals surface area (Å²) in [5.74, 6) is 1.15. The van der Waals surface area contributed by atoms with Crippen LogP contribution in [0, 0.1) is 5.82 Å². The lowest BCUT2D eigenvalue weighted by atomic mass is 9.87. The SMILES string of the molecule is C[C@](N)(c1ccc(F)cc1)c1cnc(N2CCN(c3ncnc4ccc(-c5cnn(CCO)c5)n34)CC2)nc1. The van der Waals surface area contributed by atoms with E-state index in [0.717, 1.165) is 47.1 Å². The molecule has 0 spiro atoms. The molecule has 200 valence electrons. The first-order valence-corrected chi connectivity index (χ1v) is 12.8. The maximum absolute atomic E-state index is 13.4. The predicted octanol–water partition coefficient (Wildman–Crippen LogP) is 2.06. The molecule has 0 bridgehead atoms. The molecule has 12 heteroatoms. The average molecular weight is 529 g/mol. The average Bonchev–Trinajstić information content (AvgIpc) is 3.61. The Labute approximate surface area is 224 Å². The third kappa shape index (κ3) is 4.68. The normalized spacial score (nSPS) is 15.6. The van der Waals surface area contributed by atoms with Crippen molar-refractivity contribution < 1.29 is 9.50 Å². The van der Waals surface area contributed by atoms with Crippen molar-refractivity contribution >= 4 is 17.5 Å². The zero-order valence-electron chi connectivity index (χ0n) is 21.5. The number of aliphatic hydroxyl groups excluding tert-OH is 1. The fraction of sp³-hybridized carbons (Fsp3) is 0.296. The molecule has 0 aliphatic carbocycles. The summed E-state index contributed by atoms with van der Waals surface area (Å²) < 4.78 is 17.1. The van der Waals surface area contributed by atoms with Gasteiger partial charge in [-0.05, 0) is 36.8 Å². The maximum Gasteiger partial charge on any atom is 0.225 e. The van der Waals surface area contributed by atoms with Crippen LogP contribution in [-0.4, -0.2) is 72.0 Å². The van der Waals surface area contributed by atoms with Crippen molar-refractivity contribution in [3.63, 3.8) is 0 Å². The Hall–Kier alpha value is -4.42. The molecule has 5 heterocycles. The summed E-state index contributed by atoms with van der Waals surface area (Å²) >= 11 is 0. The van der Waals surface area contributed by atoms with E-state index in [1.54, 1.807) is 41.7 Å². The molecule has 3 N–H and O–H groups in total. The van der Waals surface area contributed by atoms with Gasteiger partial charge in [0.1, 0.15) is 17.8 Å². The van der Waals surface area contributed by atoms with Crippen molar-refractivity contribution in [2.75, 3.05) is 42.6 Å². The lowest BCUT2D eigenvalue weighted by molar-refractivity contribution is 0.269. The molecule has 1 atom stereocenters. The van der Waals surface area contributed by atoms with Crippen molar-refractivity contribution in [3.05, 3.63) is 84.5 Å². The molecule has 5 aromatic rings. The Morgan fingerprint density at radius 1 is 0.897 bits per heavy atom. The minimum Gasteiger partial charge on any atom is -0.394 e. The first-order chi connectivity index (χ1) is 18.9. The molecule has 0 unspecified atom stereocenters. The number of anilines is 2. The van der Waals surface area contributed by atoms with E-state index < -0.39 is 5.54 Å². The van der Waals surface area contributed by atoms with Gasteiger partial charge in [-0.2, -0.15) is 5.10 Å². The summed E-state index contributed by atoms with van der Waals surface area (Å²) in [5.41, 5.74) is 9.95. The Morgan fingerprint density at radius 2 is 1.62 bits per heavy atom. The van der Waals surface area contributed by atoms with Crippen LogP contribution in [0.4, 0.5) is 16.3 Å². The van der Waals surface area contributed by atoms with Gasteiger partial charge in [-0.1, -0.05) is 12.1 Å². The fourth-order valence-electron chi connectivity index (χ4n) is 4.93. The van der Waals surface area contributed by atoms with Crippen LogP contribution in [0.5, 0.6) is 0 Å². The van der Waals surface area contributed by atoms with E-state index in [0.29, 0.717) is 25.6 Å². The first kappa shape index (κ1) is 24.9. The highest BCUT2D eigenvalue weighted by molar-refractivity contribution is 5.67. The molecular formula is C27H29FN10O. The first-order valence-electron chi connectivity index (χ1n) is 12.8. The summed E-state index contributed by atoms with van der Waals surface area (Å²) in [6.07, 6.45) is 8.78. The van der Waals surface area contributed by atoms with Gasteiger partial charge in [0.15, 0.2) is 0 Å². The van der Waals surface area contributed by atoms with Gasteiger partial charge in [0.25, 0.3) is 0 Å². The van der Waals surface area contributed by atoms with E-state index in [4.69, 9.17) is 5.73 Å². The second-order valence-electron chi connectivity index (χ2n) is 9.76. The number of aromatic nitrogens is 7. The quantitative estimate of drug-likeness (QED) is 0.326. The number of nitrogens with two attached hydrogens (primary N) is 1. The highest BCUT2D eigenvalue weighted by atomic mass is 19.1. The van der Waals surface area contributed by atoms with E-state index in [-0.39, 0.29) is 12.4 Å². The molecule has 1 fully saturated rings. The lowest BCUT2D eigenvalue weighted by Gasteiger charge is -2.35. The van der Waals surface area contributed by atoms with Crippen LogP contribution in [0.15, 0.2) is 67.5 Å². The monoisotopic (exact) mass is 528 g/mol. The third-order valence-corrected chi connectivity index (χ3v) is 7.21. The molecule has 1 aliphatic rings.